The summed E-state index contributed by atoms with van der Waals surface area (Å²) in [4.78, 5) is 27.6. The van der Waals surface area contributed by atoms with Crippen LogP contribution in [0, 0.1) is 0 Å². The van der Waals surface area contributed by atoms with E-state index in [1.165, 1.54) is 11.8 Å². The van der Waals surface area contributed by atoms with Crippen LogP contribution in [0.4, 0.5) is 18.0 Å². The first-order valence-electron chi connectivity index (χ1n) is 7.83. The first kappa shape index (κ1) is 22.5. The topological polar surface area (TPSA) is 95.8 Å². The van der Waals surface area contributed by atoms with E-state index in [0.717, 1.165) is 0 Å². The van der Waals surface area contributed by atoms with Gasteiger partial charge in [-0.1, -0.05) is 0 Å². The molecule has 1 rings (SSSR count). The zero-order chi connectivity index (χ0) is 20.1. The molecule has 11 heteroatoms. The van der Waals surface area contributed by atoms with E-state index in [1.54, 1.807) is 13.8 Å². The quantitative estimate of drug-likeness (QED) is 0.257. The number of halogens is 4. The first-order chi connectivity index (χ1) is 11.8. The van der Waals surface area contributed by atoms with Crippen LogP contribution in [0.3, 0.4) is 0 Å². The molecule has 1 heterocycles. The van der Waals surface area contributed by atoms with Crippen molar-refractivity contribution in [1.29, 1.82) is 0 Å². The summed E-state index contributed by atoms with van der Waals surface area (Å²) < 4.78 is 47.0. The number of carbonyl (C=O) groups is 2. The van der Waals surface area contributed by atoms with E-state index in [9.17, 15) is 22.8 Å². The van der Waals surface area contributed by atoms with Gasteiger partial charge in [0.1, 0.15) is 0 Å². The Morgan fingerprint density at radius 2 is 1.96 bits per heavy atom. The summed E-state index contributed by atoms with van der Waals surface area (Å²) in [6.07, 6.45) is -4.98. The van der Waals surface area contributed by atoms with Crippen molar-refractivity contribution in [2.24, 2.45) is 5.73 Å². The van der Waals surface area contributed by atoms with Crippen LogP contribution >= 0.6 is 22.6 Å². The number of alkyl halides is 4. The molecular weight excluding hydrogens is 470 g/mol. The molecule has 3 N–H and O–H groups in total. The summed E-state index contributed by atoms with van der Waals surface area (Å²) in [6.45, 7) is 3.53. The number of nitrogens with zero attached hydrogens (tertiary/aromatic N) is 1. The Hall–Kier alpha value is -1.53. The molecule has 0 saturated carbocycles. The fourth-order valence-corrected chi connectivity index (χ4v) is 2.33. The molecule has 0 saturated heterocycles. The SMILES string of the molecule is CCOC(=O)C(=[NH+]CC(F)(F)F)C1=C(N)CCN(C(=O)OC(C)(C)I)C1. The predicted octanol–water partition coefficient (Wildman–Crippen LogP) is 0.860. The molecule has 0 unspecified atom stereocenters. The van der Waals surface area contributed by atoms with Crippen LogP contribution in [0.2, 0.25) is 0 Å². The lowest BCUT2D eigenvalue weighted by Gasteiger charge is -2.30. The summed E-state index contributed by atoms with van der Waals surface area (Å²) in [5, 5.41) is 0. The molecule has 148 valence electrons. The molecule has 0 fully saturated rings. The van der Waals surface area contributed by atoms with Gasteiger partial charge in [0, 0.05) is 18.7 Å². The van der Waals surface area contributed by atoms with Gasteiger partial charge in [0.25, 0.3) is 5.71 Å². The van der Waals surface area contributed by atoms with Crippen molar-refractivity contribution in [1.82, 2.24) is 4.90 Å². The van der Waals surface area contributed by atoms with Crippen LogP contribution in [0.25, 0.3) is 0 Å². The van der Waals surface area contributed by atoms with Gasteiger partial charge in [-0.25, -0.2) is 14.6 Å². The first-order valence-corrected chi connectivity index (χ1v) is 8.91. The standard InChI is InChI=1S/C15H21F3IN3O4/c1-4-25-12(23)11(21-8-15(16,17)18)9-7-22(6-5-10(9)20)13(24)26-14(2,3)19/h4-8,20H2,1-3H3/p+1. The number of esters is 1. The fraction of sp³-hybridized carbons (Fsp3) is 0.667. The molecule has 0 spiro atoms. The molecule has 0 aromatic carbocycles. The average molecular weight is 492 g/mol. The van der Waals surface area contributed by atoms with E-state index in [4.69, 9.17) is 15.2 Å². The van der Waals surface area contributed by atoms with Crippen LogP contribution in [-0.2, 0) is 14.3 Å². The Labute approximate surface area is 162 Å². The zero-order valence-electron chi connectivity index (χ0n) is 14.7. The molecule has 0 aliphatic carbocycles. The molecule has 1 aliphatic rings. The third-order valence-electron chi connectivity index (χ3n) is 3.22. The van der Waals surface area contributed by atoms with Crippen LogP contribution < -0.4 is 10.7 Å². The van der Waals surface area contributed by atoms with E-state index >= 15 is 0 Å². The molecule has 1 aliphatic heterocycles. The minimum Gasteiger partial charge on any atom is -0.458 e. The molecule has 1 amide bonds. The van der Waals surface area contributed by atoms with E-state index in [2.05, 4.69) is 4.99 Å². The number of amides is 1. The third-order valence-corrected chi connectivity index (χ3v) is 3.44. The maximum Gasteiger partial charge on any atom is 0.448 e. The molecule has 0 aromatic rings. The van der Waals surface area contributed by atoms with Crippen molar-refractivity contribution >= 4 is 40.4 Å². The van der Waals surface area contributed by atoms with Gasteiger partial charge in [0.2, 0.25) is 6.54 Å². The molecule has 0 atom stereocenters. The summed E-state index contributed by atoms with van der Waals surface area (Å²) in [7, 11) is 0. The Morgan fingerprint density at radius 1 is 1.35 bits per heavy atom. The Morgan fingerprint density at radius 3 is 2.46 bits per heavy atom. The van der Waals surface area contributed by atoms with Crippen molar-refractivity contribution in [2.45, 2.75) is 37.0 Å². The summed E-state index contributed by atoms with van der Waals surface area (Å²) in [6, 6.07) is 0. The number of carbonyl (C=O) groups excluding carboxylic acids is 2. The highest BCUT2D eigenvalue weighted by Crippen LogP contribution is 2.22. The van der Waals surface area contributed by atoms with E-state index < -0.39 is 34.1 Å². The Balaban J connectivity index is 3.11. The molecular formula is C15H22F3IN3O4+. The third kappa shape index (κ3) is 7.38. The van der Waals surface area contributed by atoms with Gasteiger partial charge in [-0.2, -0.15) is 13.2 Å². The largest absolute Gasteiger partial charge is 0.458 e. The van der Waals surface area contributed by atoms with Crippen LogP contribution in [0.15, 0.2) is 11.3 Å². The Kier molecular flexibility index (Phi) is 7.71. The van der Waals surface area contributed by atoms with Crippen LogP contribution in [-0.4, -0.2) is 58.7 Å². The lowest BCUT2D eigenvalue weighted by Crippen LogP contribution is -2.79. The van der Waals surface area contributed by atoms with Gasteiger partial charge in [-0.05, 0) is 43.4 Å². The smallest absolute Gasteiger partial charge is 0.448 e. The normalized spacial score (nSPS) is 16.6. The van der Waals surface area contributed by atoms with E-state index in [1.807, 2.05) is 22.6 Å². The van der Waals surface area contributed by atoms with Gasteiger partial charge in [-0.3, -0.25) is 0 Å². The van der Waals surface area contributed by atoms with Crippen molar-refractivity contribution < 1.29 is 37.2 Å². The number of nitrogens with one attached hydrogen (secondary N) is 1. The lowest BCUT2D eigenvalue weighted by molar-refractivity contribution is -0.498. The van der Waals surface area contributed by atoms with Gasteiger partial charge in [-0.15, -0.1) is 0 Å². The van der Waals surface area contributed by atoms with Gasteiger partial charge in [0.05, 0.1) is 18.7 Å². The number of rotatable bonds is 5. The molecule has 0 radical (unpaired) electrons. The van der Waals surface area contributed by atoms with Crippen molar-refractivity contribution in [2.75, 3.05) is 26.2 Å². The second-order valence-corrected chi connectivity index (χ2v) is 8.57. The average Bonchev–Trinajstić information content (AvgIpc) is 2.46. The Bertz CT molecular complexity index is 612. The van der Waals surface area contributed by atoms with Gasteiger partial charge < -0.3 is 20.1 Å². The number of ether oxygens (including phenoxy) is 2. The maximum atomic E-state index is 12.6. The fourth-order valence-electron chi connectivity index (χ4n) is 2.14. The summed E-state index contributed by atoms with van der Waals surface area (Å²) in [5.74, 6) is -0.959. The van der Waals surface area contributed by atoms with Crippen molar-refractivity contribution in [3.8, 4) is 0 Å². The zero-order valence-corrected chi connectivity index (χ0v) is 16.9. The highest BCUT2D eigenvalue weighted by Gasteiger charge is 2.37. The lowest BCUT2D eigenvalue weighted by atomic mass is 10.0. The minimum absolute atomic E-state index is 0.0159. The highest BCUT2D eigenvalue weighted by atomic mass is 127. The van der Waals surface area contributed by atoms with Gasteiger partial charge in [0.15, 0.2) is 3.61 Å². The molecule has 0 bridgehead atoms. The number of hydrogen-bond donors (Lipinski definition) is 2. The number of hydrogen-bond acceptors (Lipinski definition) is 5. The molecule has 0 aromatic heterocycles. The van der Waals surface area contributed by atoms with Crippen LogP contribution in [0.1, 0.15) is 27.2 Å². The van der Waals surface area contributed by atoms with Crippen molar-refractivity contribution in [3.63, 3.8) is 0 Å². The van der Waals surface area contributed by atoms with E-state index in [-0.39, 0.29) is 37.4 Å². The van der Waals surface area contributed by atoms with Gasteiger partial charge >= 0.3 is 18.2 Å². The van der Waals surface area contributed by atoms with Crippen LogP contribution in [0.5, 0.6) is 0 Å². The summed E-state index contributed by atoms with van der Waals surface area (Å²) >= 11 is 1.93. The minimum atomic E-state index is -4.54. The van der Waals surface area contributed by atoms with Crippen molar-refractivity contribution in [3.05, 3.63) is 11.3 Å². The molecule has 26 heavy (non-hydrogen) atoms. The second kappa shape index (κ2) is 8.91. The molecule has 7 nitrogen and oxygen atoms in total. The second-order valence-electron chi connectivity index (χ2n) is 5.97. The predicted molar refractivity (Wildman–Crippen MR) is 95.5 cm³/mol. The monoisotopic (exact) mass is 492 g/mol. The van der Waals surface area contributed by atoms with E-state index in [0.29, 0.717) is 0 Å². The summed E-state index contributed by atoms with van der Waals surface area (Å²) in [5.41, 5.74) is 5.82. The maximum absolute atomic E-state index is 12.6. The number of nitrogens with two attached hydrogens (primary N) is 1. The highest BCUT2D eigenvalue weighted by molar-refractivity contribution is 14.1.